The summed E-state index contributed by atoms with van der Waals surface area (Å²) < 4.78 is 0. The van der Waals surface area contributed by atoms with Gasteiger partial charge in [0, 0.05) is 24.3 Å². The maximum Gasteiger partial charge on any atom is 0.319 e. The zero-order chi connectivity index (χ0) is 21.5. The molecule has 1 fully saturated rings. The number of hydrogen-bond donors (Lipinski definition) is 2. The summed E-state index contributed by atoms with van der Waals surface area (Å²) in [6.07, 6.45) is 6.90. The van der Waals surface area contributed by atoms with Gasteiger partial charge in [0.15, 0.2) is 0 Å². The summed E-state index contributed by atoms with van der Waals surface area (Å²) in [6.45, 7) is 3.36. The molecule has 2 N–H and O–H groups in total. The predicted molar refractivity (Wildman–Crippen MR) is 116 cm³/mol. The van der Waals surface area contributed by atoms with Crippen molar-refractivity contribution in [2.75, 3.05) is 25.0 Å². The number of urea groups is 1. The number of carbonyl (C=O) groups excluding carboxylic acids is 2. The molecule has 6 nitrogen and oxygen atoms in total. The van der Waals surface area contributed by atoms with Gasteiger partial charge in [0.05, 0.1) is 18.2 Å². The van der Waals surface area contributed by atoms with Crippen molar-refractivity contribution >= 4 is 17.6 Å². The summed E-state index contributed by atoms with van der Waals surface area (Å²) in [5, 5.41) is 14.2. The van der Waals surface area contributed by atoms with Crippen LogP contribution in [0.5, 0.6) is 0 Å². The second-order valence-electron chi connectivity index (χ2n) is 7.34. The molecule has 0 radical (unpaired) electrons. The minimum atomic E-state index is -0.404. The number of carbonyl (C=O) groups is 2. The summed E-state index contributed by atoms with van der Waals surface area (Å²) in [5.74, 6) is 2.70. The number of terminal acetylenes is 1. The highest BCUT2D eigenvalue weighted by Gasteiger charge is 2.25. The average molecular weight is 400 g/mol. The molecule has 0 aromatic heterocycles. The van der Waals surface area contributed by atoms with Crippen molar-refractivity contribution in [1.82, 2.24) is 10.2 Å². The third-order valence-electron chi connectivity index (χ3n) is 5.37. The first-order valence-electron chi connectivity index (χ1n) is 9.90. The normalized spacial score (nSPS) is 13.8. The predicted octanol–water partition coefficient (Wildman–Crippen LogP) is 3.64. The van der Waals surface area contributed by atoms with Crippen LogP contribution in [0.25, 0.3) is 0 Å². The smallest absolute Gasteiger partial charge is 0.319 e. The van der Waals surface area contributed by atoms with Crippen molar-refractivity contribution in [2.45, 2.75) is 25.7 Å². The highest BCUT2D eigenvalue weighted by atomic mass is 16.2. The Balaban J connectivity index is 1.64. The van der Waals surface area contributed by atoms with Crippen LogP contribution in [0.3, 0.4) is 0 Å². The van der Waals surface area contributed by atoms with Crippen molar-refractivity contribution in [2.24, 2.45) is 0 Å². The van der Waals surface area contributed by atoms with E-state index in [2.05, 4.69) is 22.6 Å². The van der Waals surface area contributed by atoms with Gasteiger partial charge in [-0.3, -0.25) is 4.79 Å². The van der Waals surface area contributed by atoms with E-state index in [1.165, 1.54) is 5.56 Å². The molecule has 0 aliphatic carbocycles. The number of nitrogens with one attached hydrogen (secondary N) is 2. The monoisotopic (exact) mass is 400 g/mol. The fourth-order valence-corrected chi connectivity index (χ4v) is 3.65. The van der Waals surface area contributed by atoms with E-state index in [-0.39, 0.29) is 12.5 Å². The highest BCUT2D eigenvalue weighted by molar-refractivity contribution is 5.98. The highest BCUT2D eigenvalue weighted by Crippen LogP contribution is 2.29. The van der Waals surface area contributed by atoms with Gasteiger partial charge in [-0.1, -0.05) is 24.1 Å². The van der Waals surface area contributed by atoms with Crippen LogP contribution in [0.15, 0.2) is 42.5 Å². The molecule has 30 heavy (non-hydrogen) atoms. The quantitative estimate of drug-likeness (QED) is 0.769. The molecule has 2 aromatic carbocycles. The number of rotatable bonds is 4. The number of hydrogen-bond acceptors (Lipinski definition) is 3. The zero-order valence-electron chi connectivity index (χ0n) is 16.9. The molecule has 1 saturated heterocycles. The van der Waals surface area contributed by atoms with Crippen molar-refractivity contribution in [3.63, 3.8) is 0 Å². The minimum Gasteiger partial charge on any atom is -0.339 e. The lowest BCUT2D eigenvalue weighted by Crippen LogP contribution is -2.38. The number of likely N-dealkylation sites (tertiary alicyclic amines) is 1. The SMILES string of the molecule is C#CCNC(=O)Nc1ccc(C)c(C(=O)N2CCC(c3ccc(C#N)cc3)CC2)c1. The van der Waals surface area contributed by atoms with Gasteiger partial charge < -0.3 is 15.5 Å². The lowest BCUT2D eigenvalue weighted by molar-refractivity contribution is 0.0712. The molecule has 0 spiro atoms. The Morgan fingerprint density at radius 2 is 1.87 bits per heavy atom. The molecule has 1 aliphatic heterocycles. The Labute approximate surface area is 176 Å². The molecule has 3 rings (SSSR count). The number of nitrogens with zero attached hydrogens (tertiary/aromatic N) is 2. The second-order valence-corrected chi connectivity index (χ2v) is 7.34. The number of piperidine rings is 1. The van der Waals surface area contributed by atoms with E-state index in [4.69, 9.17) is 11.7 Å². The van der Waals surface area contributed by atoms with Crippen LogP contribution in [0.4, 0.5) is 10.5 Å². The molecule has 152 valence electrons. The van der Waals surface area contributed by atoms with Crippen LogP contribution in [0.2, 0.25) is 0 Å². The number of benzene rings is 2. The molecule has 0 unspecified atom stereocenters. The van der Waals surface area contributed by atoms with Gasteiger partial charge in [-0.25, -0.2) is 4.79 Å². The van der Waals surface area contributed by atoms with Crippen LogP contribution in [0, 0.1) is 30.6 Å². The van der Waals surface area contributed by atoms with Crippen LogP contribution < -0.4 is 10.6 Å². The molecule has 1 aliphatic rings. The van der Waals surface area contributed by atoms with Crippen LogP contribution in [-0.2, 0) is 0 Å². The summed E-state index contributed by atoms with van der Waals surface area (Å²) in [5.41, 5.74) is 3.86. The van der Waals surface area contributed by atoms with E-state index in [0.29, 0.717) is 35.8 Å². The molecular weight excluding hydrogens is 376 g/mol. The maximum absolute atomic E-state index is 13.1. The Kier molecular flexibility index (Phi) is 6.72. The molecule has 6 heteroatoms. The minimum absolute atomic E-state index is 0.0292. The molecular formula is C24H24N4O2. The third kappa shape index (κ3) is 4.98. The topological polar surface area (TPSA) is 85.2 Å². The first-order valence-corrected chi connectivity index (χ1v) is 9.90. The van der Waals surface area contributed by atoms with Crippen LogP contribution >= 0.6 is 0 Å². The van der Waals surface area contributed by atoms with Gasteiger partial charge in [0.2, 0.25) is 0 Å². The number of amides is 3. The van der Waals surface area contributed by atoms with Gasteiger partial charge in [0.25, 0.3) is 5.91 Å². The largest absolute Gasteiger partial charge is 0.339 e. The van der Waals surface area contributed by atoms with E-state index in [0.717, 1.165) is 18.4 Å². The molecule has 0 atom stereocenters. The Morgan fingerprint density at radius 1 is 1.17 bits per heavy atom. The van der Waals surface area contributed by atoms with Gasteiger partial charge in [-0.2, -0.15) is 5.26 Å². The van der Waals surface area contributed by atoms with Gasteiger partial charge in [-0.05, 0) is 61.1 Å². The van der Waals surface area contributed by atoms with Gasteiger partial charge in [0.1, 0.15) is 0 Å². The van der Waals surface area contributed by atoms with E-state index in [9.17, 15) is 9.59 Å². The summed E-state index contributed by atoms with van der Waals surface area (Å²) in [6, 6.07) is 14.7. The van der Waals surface area contributed by atoms with Gasteiger partial charge >= 0.3 is 6.03 Å². The van der Waals surface area contributed by atoms with Gasteiger partial charge in [-0.15, -0.1) is 6.42 Å². The lowest BCUT2D eigenvalue weighted by Gasteiger charge is -2.32. The summed E-state index contributed by atoms with van der Waals surface area (Å²) in [4.78, 5) is 26.8. The Hall–Kier alpha value is -3.77. The summed E-state index contributed by atoms with van der Waals surface area (Å²) >= 11 is 0. The van der Waals surface area contributed by atoms with Crippen molar-refractivity contribution < 1.29 is 9.59 Å². The van der Waals surface area contributed by atoms with Crippen molar-refractivity contribution in [3.05, 3.63) is 64.7 Å². The lowest BCUT2D eigenvalue weighted by atomic mass is 9.88. The second kappa shape index (κ2) is 9.62. The van der Waals surface area contributed by atoms with Crippen molar-refractivity contribution in [3.8, 4) is 18.4 Å². The first-order chi connectivity index (χ1) is 14.5. The number of nitriles is 1. The molecule has 3 amide bonds. The van der Waals surface area contributed by atoms with E-state index in [1.807, 2.05) is 42.2 Å². The number of aryl methyl sites for hydroxylation is 1. The Morgan fingerprint density at radius 3 is 2.50 bits per heavy atom. The zero-order valence-corrected chi connectivity index (χ0v) is 16.9. The molecule has 2 aromatic rings. The fourth-order valence-electron chi connectivity index (χ4n) is 3.65. The maximum atomic E-state index is 13.1. The molecule has 1 heterocycles. The fraction of sp³-hybridized carbons (Fsp3) is 0.292. The molecule has 0 saturated carbocycles. The third-order valence-corrected chi connectivity index (χ3v) is 5.37. The van der Waals surface area contributed by atoms with Crippen LogP contribution in [-0.4, -0.2) is 36.5 Å². The first kappa shape index (κ1) is 21.0. The summed E-state index contributed by atoms with van der Waals surface area (Å²) in [7, 11) is 0. The van der Waals surface area contributed by atoms with Crippen LogP contribution in [0.1, 0.15) is 45.8 Å². The average Bonchev–Trinajstić information content (AvgIpc) is 2.78. The van der Waals surface area contributed by atoms with E-state index in [1.54, 1.807) is 12.1 Å². The van der Waals surface area contributed by atoms with Crippen molar-refractivity contribution in [1.29, 1.82) is 5.26 Å². The number of anilines is 1. The Bertz CT molecular complexity index is 1010. The van der Waals surface area contributed by atoms with E-state index >= 15 is 0 Å². The standard InChI is InChI=1S/C24H24N4O2/c1-3-12-26-24(30)27-21-9-4-17(2)22(15-21)23(29)28-13-10-20(11-14-28)19-7-5-18(16-25)6-8-19/h1,4-9,15,20H,10-14H2,2H3,(H2,26,27,30). The van der Waals surface area contributed by atoms with E-state index < -0.39 is 6.03 Å². The molecule has 0 bridgehead atoms.